The van der Waals surface area contributed by atoms with E-state index in [0.29, 0.717) is 17.8 Å². The predicted octanol–water partition coefficient (Wildman–Crippen LogP) is 9.14. The minimum Gasteiger partial charge on any atom is -0.345 e. The molecule has 0 bridgehead atoms. The van der Waals surface area contributed by atoms with Gasteiger partial charge in [-0.05, 0) is 110 Å². The monoisotopic (exact) mass is 504 g/mol. The molecule has 2 saturated carbocycles. The van der Waals surface area contributed by atoms with Gasteiger partial charge in [0.25, 0.3) is 0 Å². The third kappa shape index (κ3) is 6.50. The smallest absolute Gasteiger partial charge is 0.0940 e. The van der Waals surface area contributed by atoms with E-state index in [0.717, 1.165) is 30.7 Å². The molecule has 0 unspecified atom stereocenters. The summed E-state index contributed by atoms with van der Waals surface area (Å²) in [5, 5.41) is 0. The number of aryl methyl sites for hydroxylation is 2. The highest BCUT2D eigenvalue weighted by Gasteiger charge is 2.28. The second-order valence-electron chi connectivity index (χ2n) is 11.7. The molecule has 38 heavy (non-hydrogen) atoms. The zero-order valence-electron chi connectivity index (χ0n) is 23.5. The first kappa shape index (κ1) is 26.6. The van der Waals surface area contributed by atoms with Gasteiger partial charge in [0.05, 0.1) is 5.71 Å². The molecule has 2 heteroatoms. The molecule has 1 aliphatic heterocycles. The Morgan fingerprint density at radius 2 is 1.79 bits per heavy atom. The average Bonchev–Trinajstić information content (AvgIpc) is 3.49. The van der Waals surface area contributed by atoms with Gasteiger partial charge in [-0.25, -0.2) is 0 Å². The number of benzene rings is 2. The largest absolute Gasteiger partial charge is 0.345 e. The summed E-state index contributed by atoms with van der Waals surface area (Å²) in [6, 6.07) is 16.0. The summed E-state index contributed by atoms with van der Waals surface area (Å²) in [6.07, 6.45) is 17.7. The molecule has 1 heterocycles. The summed E-state index contributed by atoms with van der Waals surface area (Å²) in [7, 11) is 0. The molecular formula is C36H44N2. The lowest BCUT2D eigenvalue weighted by Crippen LogP contribution is -2.33. The van der Waals surface area contributed by atoms with Gasteiger partial charge < -0.3 is 4.90 Å². The van der Waals surface area contributed by atoms with Crippen molar-refractivity contribution < 1.29 is 0 Å². The molecule has 2 aliphatic carbocycles. The SMILES string of the molecule is C=C(C1CCCCC1)N(CC1CCC(c2ccc(CC)c(C)c2)CC1)c1cccc(C#CC2=NC=CC2)c1. The third-order valence-electron chi connectivity index (χ3n) is 9.09. The first-order valence-corrected chi connectivity index (χ1v) is 15.0. The fourth-order valence-corrected chi connectivity index (χ4v) is 6.69. The van der Waals surface area contributed by atoms with E-state index in [9.17, 15) is 0 Å². The number of nitrogens with zero attached hydrogens (tertiary/aromatic N) is 2. The Hall–Kier alpha value is -3.05. The molecule has 2 fully saturated rings. The highest BCUT2D eigenvalue weighted by atomic mass is 15.1. The summed E-state index contributed by atoms with van der Waals surface area (Å²) < 4.78 is 0. The summed E-state index contributed by atoms with van der Waals surface area (Å²) in [5.41, 5.74) is 9.09. The van der Waals surface area contributed by atoms with Crippen LogP contribution in [0.5, 0.6) is 0 Å². The van der Waals surface area contributed by atoms with Crippen LogP contribution in [-0.2, 0) is 6.42 Å². The van der Waals surface area contributed by atoms with Crippen molar-refractivity contribution in [3.8, 4) is 11.8 Å². The quantitative estimate of drug-likeness (QED) is 0.343. The highest BCUT2D eigenvalue weighted by Crippen LogP contribution is 2.39. The van der Waals surface area contributed by atoms with Crippen LogP contribution in [0.15, 0.2) is 72.0 Å². The van der Waals surface area contributed by atoms with Crippen LogP contribution in [0.3, 0.4) is 0 Å². The second-order valence-corrected chi connectivity index (χ2v) is 11.7. The molecule has 0 saturated heterocycles. The van der Waals surface area contributed by atoms with Gasteiger partial charge in [-0.15, -0.1) is 0 Å². The van der Waals surface area contributed by atoms with E-state index in [4.69, 9.17) is 6.58 Å². The lowest BCUT2D eigenvalue weighted by Gasteiger charge is -2.38. The molecule has 0 radical (unpaired) electrons. The van der Waals surface area contributed by atoms with Crippen molar-refractivity contribution in [2.45, 2.75) is 90.4 Å². The number of aliphatic imine (C=N–C) groups is 1. The van der Waals surface area contributed by atoms with E-state index in [1.54, 1.807) is 5.56 Å². The Labute approximate surface area is 231 Å². The van der Waals surface area contributed by atoms with Crippen LogP contribution < -0.4 is 4.90 Å². The van der Waals surface area contributed by atoms with Gasteiger partial charge in [-0.1, -0.05) is 69.0 Å². The van der Waals surface area contributed by atoms with Crippen molar-refractivity contribution in [1.82, 2.24) is 0 Å². The van der Waals surface area contributed by atoms with Crippen molar-refractivity contribution in [1.29, 1.82) is 0 Å². The first-order chi connectivity index (χ1) is 18.6. The van der Waals surface area contributed by atoms with Crippen molar-refractivity contribution in [2.24, 2.45) is 16.8 Å². The maximum Gasteiger partial charge on any atom is 0.0940 e. The molecular weight excluding hydrogens is 460 g/mol. The third-order valence-corrected chi connectivity index (χ3v) is 9.09. The normalized spacial score (nSPS) is 21.5. The van der Waals surface area contributed by atoms with Gasteiger partial charge in [0.15, 0.2) is 0 Å². The molecule has 0 atom stereocenters. The minimum absolute atomic E-state index is 0.605. The molecule has 0 amide bonds. The molecule has 0 N–H and O–H groups in total. The standard InChI is InChI=1S/C36H44N2/c1-4-31-20-21-34(24-27(31)2)33-18-15-30(16-19-33)26-38(28(3)32-11-6-5-7-12-32)36-14-8-10-29(25-36)17-22-35-13-9-23-37-35/h8-10,14,20-21,23-25,30,32-33H,3-7,11-13,15-16,18-19,26H2,1-2H3. The van der Waals surface area contributed by atoms with Crippen LogP contribution in [0, 0.1) is 30.6 Å². The average molecular weight is 505 g/mol. The molecule has 0 aromatic heterocycles. The molecule has 3 aliphatic rings. The molecule has 2 nitrogen and oxygen atoms in total. The van der Waals surface area contributed by atoms with E-state index in [1.807, 2.05) is 6.20 Å². The van der Waals surface area contributed by atoms with E-state index < -0.39 is 0 Å². The van der Waals surface area contributed by atoms with Crippen molar-refractivity contribution >= 4 is 11.4 Å². The fourth-order valence-electron chi connectivity index (χ4n) is 6.69. The molecule has 2 aromatic rings. The maximum absolute atomic E-state index is 4.71. The van der Waals surface area contributed by atoms with Crippen molar-refractivity contribution in [2.75, 3.05) is 11.4 Å². The zero-order chi connectivity index (χ0) is 26.3. The van der Waals surface area contributed by atoms with Crippen LogP contribution in [0.2, 0.25) is 0 Å². The molecule has 2 aromatic carbocycles. The number of rotatable bonds is 7. The summed E-state index contributed by atoms with van der Waals surface area (Å²) in [5.74, 6) is 8.65. The minimum atomic E-state index is 0.605. The van der Waals surface area contributed by atoms with Gasteiger partial charge in [0, 0.05) is 36.1 Å². The second kappa shape index (κ2) is 12.7. The van der Waals surface area contributed by atoms with E-state index >= 15 is 0 Å². The van der Waals surface area contributed by atoms with Crippen molar-refractivity contribution in [3.63, 3.8) is 0 Å². The van der Waals surface area contributed by atoms with E-state index in [1.165, 1.54) is 80.3 Å². The summed E-state index contributed by atoms with van der Waals surface area (Å²) in [6.45, 7) is 10.3. The number of anilines is 1. The fraction of sp³-hybridized carbons (Fsp3) is 0.472. The van der Waals surface area contributed by atoms with E-state index in [2.05, 4.69) is 84.1 Å². The van der Waals surface area contributed by atoms with Gasteiger partial charge >= 0.3 is 0 Å². The first-order valence-electron chi connectivity index (χ1n) is 15.0. The molecule has 198 valence electrons. The van der Waals surface area contributed by atoms with E-state index in [-0.39, 0.29) is 0 Å². The van der Waals surface area contributed by atoms with Crippen LogP contribution in [0.25, 0.3) is 0 Å². The van der Waals surface area contributed by atoms with Gasteiger partial charge in [0.1, 0.15) is 0 Å². The molecule has 0 spiro atoms. The summed E-state index contributed by atoms with van der Waals surface area (Å²) in [4.78, 5) is 6.92. The molecule has 5 rings (SSSR count). The van der Waals surface area contributed by atoms with Crippen LogP contribution in [0.4, 0.5) is 5.69 Å². The van der Waals surface area contributed by atoms with Gasteiger partial charge in [-0.3, -0.25) is 4.99 Å². The Morgan fingerprint density at radius 3 is 2.50 bits per heavy atom. The van der Waals surface area contributed by atoms with Gasteiger partial charge in [-0.2, -0.15) is 0 Å². The lowest BCUT2D eigenvalue weighted by atomic mass is 9.77. The van der Waals surface area contributed by atoms with Gasteiger partial charge in [0.2, 0.25) is 0 Å². The number of allylic oxidation sites excluding steroid dienone is 2. The Morgan fingerprint density at radius 1 is 0.974 bits per heavy atom. The number of hydrogen-bond donors (Lipinski definition) is 0. The van der Waals surface area contributed by atoms with Crippen molar-refractivity contribution in [3.05, 3.63) is 89.3 Å². The topological polar surface area (TPSA) is 15.6 Å². The zero-order valence-corrected chi connectivity index (χ0v) is 23.5. The van der Waals surface area contributed by atoms with Crippen LogP contribution >= 0.6 is 0 Å². The van der Waals surface area contributed by atoms with Crippen LogP contribution in [-0.4, -0.2) is 12.3 Å². The Balaban J connectivity index is 1.30. The Kier molecular flexibility index (Phi) is 8.85. The van der Waals surface area contributed by atoms with Crippen LogP contribution in [0.1, 0.15) is 99.3 Å². The number of hydrogen-bond acceptors (Lipinski definition) is 2. The predicted molar refractivity (Wildman–Crippen MR) is 163 cm³/mol. The summed E-state index contributed by atoms with van der Waals surface area (Å²) >= 11 is 0. The maximum atomic E-state index is 4.71. The highest BCUT2D eigenvalue weighted by molar-refractivity contribution is 6.03. The lowest BCUT2D eigenvalue weighted by molar-refractivity contribution is 0.323. The Bertz CT molecular complexity index is 1240.